The van der Waals surface area contributed by atoms with Crippen LogP contribution in [-0.2, 0) is 4.79 Å². The summed E-state index contributed by atoms with van der Waals surface area (Å²) in [6, 6.07) is 27.8. The van der Waals surface area contributed by atoms with Crippen LogP contribution in [-0.4, -0.2) is 33.0 Å². The summed E-state index contributed by atoms with van der Waals surface area (Å²) in [5.41, 5.74) is 2.89. The average Bonchev–Trinajstić information content (AvgIpc) is 3.66. The van der Waals surface area contributed by atoms with E-state index >= 15 is 0 Å². The van der Waals surface area contributed by atoms with Gasteiger partial charge in [0.05, 0.1) is 17.5 Å². The second-order valence-electron chi connectivity index (χ2n) is 8.54. The van der Waals surface area contributed by atoms with Crippen LogP contribution >= 0.6 is 11.8 Å². The van der Waals surface area contributed by atoms with Gasteiger partial charge in [0.2, 0.25) is 5.91 Å². The normalized spacial score (nSPS) is 17.2. The Balaban J connectivity index is 1.30. The van der Waals surface area contributed by atoms with Crippen molar-refractivity contribution in [2.45, 2.75) is 30.0 Å². The van der Waals surface area contributed by atoms with Crippen LogP contribution in [0.15, 0.2) is 90.1 Å². The summed E-state index contributed by atoms with van der Waals surface area (Å²) in [5.74, 6) is 2.45. The first-order valence-electron chi connectivity index (χ1n) is 11.5. The van der Waals surface area contributed by atoms with Crippen molar-refractivity contribution in [3.05, 3.63) is 96.3 Å². The SMILES string of the molecule is O=C(CSc1nnc(C2CC2)n1-c1ccccc1)N1c2ccccc2OCC1c1ccccc1. The lowest BCUT2D eigenvalue weighted by Gasteiger charge is -2.37. The van der Waals surface area contributed by atoms with Gasteiger partial charge in [0.25, 0.3) is 0 Å². The molecule has 1 amide bonds. The Bertz CT molecular complexity index is 1300. The van der Waals surface area contributed by atoms with Crippen LogP contribution in [0.2, 0.25) is 0 Å². The first-order chi connectivity index (χ1) is 16.8. The third-order valence-electron chi connectivity index (χ3n) is 6.23. The minimum Gasteiger partial charge on any atom is -0.489 e. The van der Waals surface area contributed by atoms with Crippen LogP contribution in [0.25, 0.3) is 5.69 Å². The third kappa shape index (κ3) is 3.96. The topological polar surface area (TPSA) is 60.2 Å². The number of hydrogen-bond acceptors (Lipinski definition) is 5. The van der Waals surface area contributed by atoms with Crippen molar-refractivity contribution in [2.75, 3.05) is 17.3 Å². The number of hydrogen-bond donors (Lipinski definition) is 0. The number of amides is 1. The number of benzene rings is 3. The van der Waals surface area contributed by atoms with Crippen molar-refractivity contribution in [2.24, 2.45) is 0 Å². The number of nitrogens with zero attached hydrogens (tertiary/aromatic N) is 4. The monoisotopic (exact) mass is 468 g/mol. The fourth-order valence-corrected chi connectivity index (χ4v) is 5.23. The van der Waals surface area contributed by atoms with Gasteiger partial charge in [-0.2, -0.15) is 0 Å². The van der Waals surface area contributed by atoms with E-state index < -0.39 is 0 Å². The maximum atomic E-state index is 13.7. The molecular weight excluding hydrogens is 444 g/mol. The molecule has 0 spiro atoms. The van der Waals surface area contributed by atoms with E-state index in [1.54, 1.807) is 0 Å². The Labute approximate surface area is 202 Å². The van der Waals surface area contributed by atoms with Gasteiger partial charge in [0.15, 0.2) is 5.16 Å². The Hall–Kier alpha value is -3.58. The summed E-state index contributed by atoms with van der Waals surface area (Å²) in [6.07, 6.45) is 2.27. The molecule has 1 aliphatic heterocycles. The number of thioether (sulfide) groups is 1. The number of fused-ring (bicyclic) bond motifs is 1. The first-order valence-corrected chi connectivity index (χ1v) is 12.5. The lowest BCUT2D eigenvalue weighted by Crippen LogP contribution is -2.42. The predicted molar refractivity (Wildman–Crippen MR) is 133 cm³/mol. The van der Waals surface area contributed by atoms with E-state index in [4.69, 9.17) is 4.74 Å². The zero-order valence-electron chi connectivity index (χ0n) is 18.6. The van der Waals surface area contributed by atoms with E-state index in [-0.39, 0.29) is 17.7 Å². The number of anilines is 1. The maximum absolute atomic E-state index is 13.7. The predicted octanol–water partition coefficient (Wildman–Crippen LogP) is 5.40. The van der Waals surface area contributed by atoms with E-state index in [1.165, 1.54) is 11.8 Å². The number of carbonyl (C=O) groups excluding carboxylic acids is 1. The number of aromatic nitrogens is 3. The Kier molecular flexibility index (Phi) is 5.55. The second-order valence-corrected chi connectivity index (χ2v) is 9.49. The van der Waals surface area contributed by atoms with Crippen LogP contribution in [0.5, 0.6) is 5.75 Å². The van der Waals surface area contributed by atoms with Crippen molar-refractivity contribution in [3.8, 4) is 11.4 Å². The maximum Gasteiger partial charge on any atom is 0.238 e. The molecule has 0 saturated heterocycles. The minimum absolute atomic E-state index is 0.0187. The number of rotatable bonds is 6. The Morgan fingerprint density at radius 2 is 1.62 bits per heavy atom. The van der Waals surface area contributed by atoms with Crippen LogP contribution in [0.3, 0.4) is 0 Å². The molecule has 6 rings (SSSR count). The van der Waals surface area contributed by atoms with Gasteiger partial charge in [-0.05, 0) is 42.7 Å². The molecule has 0 N–H and O–H groups in total. The lowest BCUT2D eigenvalue weighted by atomic mass is 10.0. The lowest BCUT2D eigenvalue weighted by molar-refractivity contribution is -0.117. The van der Waals surface area contributed by atoms with Crippen molar-refractivity contribution in [1.82, 2.24) is 14.8 Å². The molecule has 1 fully saturated rings. The molecule has 2 heterocycles. The molecule has 2 aliphatic rings. The number of ether oxygens (including phenoxy) is 1. The molecule has 1 unspecified atom stereocenters. The molecule has 0 bridgehead atoms. The number of carbonyl (C=O) groups is 1. The summed E-state index contributed by atoms with van der Waals surface area (Å²) in [4.78, 5) is 15.6. The zero-order chi connectivity index (χ0) is 22.9. The fourth-order valence-electron chi connectivity index (χ4n) is 4.41. The van der Waals surface area contributed by atoms with Gasteiger partial charge in [0, 0.05) is 11.6 Å². The van der Waals surface area contributed by atoms with Crippen molar-refractivity contribution < 1.29 is 9.53 Å². The second kappa shape index (κ2) is 8.99. The molecule has 1 aromatic heterocycles. The van der Waals surface area contributed by atoms with E-state index in [0.717, 1.165) is 46.5 Å². The highest BCUT2D eigenvalue weighted by Gasteiger charge is 2.34. The highest BCUT2D eigenvalue weighted by molar-refractivity contribution is 7.99. The minimum atomic E-state index is -0.182. The molecule has 1 atom stereocenters. The van der Waals surface area contributed by atoms with Gasteiger partial charge in [-0.25, -0.2) is 0 Å². The quantitative estimate of drug-likeness (QED) is 0.355. The smallest absolute Gasteiger partial charge is 0.238 e. The van der Waals surface area contributed by atoms with E-state index in [2.05, 4.69) is 26.9 Å². The molecule has 4 aromatic rings. The molecule has 7 heteroatoms. The molecule has 0 radical (unpaired) electrons. The van der Waals surface area contributed by atoms with E-state index in [1.807, 2.05) is 77.7 Å². The molecule has 1 aliphatic carbocycles. The highest BCUT2D eigenvalue weighted by Crippen LogP contribution is 2.42. The van der Waals surface area contributed by atoms with Crippen molar-refractivity contribution in [3.63, 3.8) is 0 Å². The summed E-state index contributed by atoms with van der Waals surface area (Å²) in [7, 11) is 0. The largest absolute Gasteiger partial charge is 0.489 e. The van der Waals surface area contributed by atoms with Gasteiger partial charge in [0.1, 0.15) is 18.2 Å². The summed E-state index contributed by atoms with van der Waals surface area (Å²) in [6.45, 7) is 0.420. The highest BCUT2D eigenvalue weighted by atomic mass is 32.2. The van der Waals surface area contributed by atoms with Crippen LogP contribution in [0.4, 0.5) is 5.69 Å². The van der Waals surface area contributed by atoms with E-state index in [0.29, 0.717) is 12.5 Å². The first kappa shape index (κ1) is 21.0. The Morgan fingerprint density at radius 1 is 0.912 bits per heavy atom. The summed E-state index contributed by atoms with van der Waals surface area (Å²) >= 11 is 1.44. The molecular formula is C27H24N4O2S. The zero-order valence-corrected chi connectivity index (χ0v) is 19.4. The molecule has 6 nitrogen and oxygen atoms in total. The van der Waals surface area contributed by atoms with Crippen LogP contribution in [0, 0.1) is 0 Å². The number of para-hydroxylation sites is 3. The molecule has 170 valence electrons. The average molecular weight is 469 g/mol. The van der Waals surface area contributed by atoms with Crippen LogP contribution in [0.1, 0.15) is 36.2 Å². The fraction of sp³-hybridized carbons (Fsp3) is 0.222. The van der Waals surface area contributed by atoms with Gasteiger partial charge >= 0.3 is 0 Å². The standard InChI is InChI=1S/C27H24N4O2S/c32-25(18-34-27-29-28-26(20-15-16-20)30(27)21-11-5-2-6-12-21)31-22-13-7-8-14-24(22)33-17-23(31)19-9-3-1-4-10-19/h1-14,20,23H,15-18H2. The summed E-state index contributed by atoms with van der Waals surface area (Å²) < 4.78 is 8.13. The van der Waals surface area contributed by atoms with Gasteiger partial charge in [-0.15, -0.1) is 10.2 Å². The van der Waals surface area contributed by atoms with Crippen LogP contribution < -0.4 is 9.64 Å². The molecule has 3 aromatic carbocycles. The van der Waals surface area contributed by atoms with Crippen molar-refractivity contribution in [1.29, 1.82) is 0 Å². The van der Waals surface area contributed by atoms with Crippen molar-refractivity contribution >= 4 is 23.4 Å². The van der Waals surface area contributed by atoms with E-state index in [9.17, 15) is 4.79 Å². The van der Waals surface area contributed by atoms with Gasteiger partial charge < -0.3 is 4.74 Å². The summed E-state index contributed by atoms with van der Waals surface area (Å²) in [5, 5.41) is 9.71. The Morgan fingerprint density at radius 3 is 2.38 bits per heavy atom. The molecule has 34 heavy (non-hydrogen) atoms. The van der Waals surface area contributed by atoms with Gasteiger partial charge in [-0.3, -0.25) is 14.3 Å². The molecule has 1 saturated carbocycles. The van der Waals surface area contributed by atoms with Gasteiger partial charge in [-0.1, -0.05) is 72.4 Å². The third-order valence-corrected chi connectivity index (χ3v) is 7.14.